The average Bonchev–Trinajstić information content (AvgIpc) is 3.20. The molecule has 0 N–H and O–H groups in total. The number of amides is 1. The Balaban J connectivity index is 1.46. The quantitative estimate of drug-likeness (QED) is 0.506. The fourth-order valence-electron chi connectivity index (χ4n) is 4.27. The first-order chi connectivity index (χ1) is 16.0. The lowest BCUT2D eigenvalue weighted by Crippen LogP contribution is -2.42. The summed E-state index contributed by atoms with van der Waals surface area (Å²) >= 11 is 0. The summed E-state index contributed by atoms with van der Waals surface area (Å²) in [4.78, 5) is 30.9. The van der Waals surface area contributed by atoms with E-state index >= 15 is 0 Å². The molecule has 1 amide bonds. The van der Waals surface area contributed by atoms with E-state index in [1.165, 1.54) is 0 Å². The van der Waals surface area contributed by atoms with Gasteiger partial charge >= 0.3 is 12.1 Å². The van der Waals surface area contributed by atoms with Gasteiger partial charge in [0.25, 0.3) is 0 Å². The van der Waals surface area contributed by atoms with E-state index in [4.69, 9.17) is 18.6 Å². The van der Waals surface area contributed by atoms with Gasteiger partial charge in [0, 0.05) is 25.1 Å². The average molecular weight is 459 g/mol. The van der Waals surface area contributed by atoms with Crippen LogP contribution in [0.5, 0.6) is 5.75 Å². The zero-order valence-electron chi connectivity index (χ0n) is 20.0. The van der Waals surface area contributed by atoms with Gasteiger partial charge in [0.2, 0.25) is 5.89 Å². The Hall–Kier alpha value is -3.03. The first-order valence-electron chi connectivity index (χ1n) is 11.7. The van der Waals surface area contributed by atoms with Crippen LogP contribution < -0.4 is 4.74 Å². The van der Waals surface area contributed by atoms with Crippen molar-refractivity contribution in [3.05, 3.63) is 35.7 Å². The zero-order valence-corrected chi connectivity index (χ0v) is 20.0. The van der Waals surface area contributed by atoms with Gasteiger partial charge in [-0.3, -0.25) is 4.79 Å². The third-order valence-electron chi connectivity index (χ3n) is 6.19. The number of oxazole rings is 1. The maximum atomic E-state index is 12.5. The summed E-state index contributed by atoms with van der Waals surface area (Å²) in [5.41, 5.74) is 1.63. The fourth-order valence-corrected chi connectivity index (χ4v) is 4.27. The normalized spacial score (nSPS) is 15.2. The number of nitrogens with zero attached hydrogens (tertiary/aromatic N) is 2. The number of ether oxygens (including phenoxy) is 3. The van der Waals surface area contributed by atoms with E-state index in [1.54, 1.807) is 12.0 Å². The van der Waals surface area contributed by atoms with Gasteiger partial charge < -0.3 is 23.5 Å². The number of hydrogen-bond acceptors (Lipinski definition) is 7. The second-order valence-electron chi connectivity index (χ2n) is 8.21. The molecule has 8 heteroatoms. The number of aryl methyl sites for hydroxylation is 1. The molecular formula is C25H34N2O6. The second-order valence-corrected chi connectivity index (χ2v) is 8.21. The number of esters is 1. The minimum atomic E-state index is -0.325. The smallest absolute Gasteiger partial charge is 0.409 e. The number of methoxy groups -OCH3 is 1. The van der Waals surface area contributed by atoms with Gasteiger partial charge in [0.15, 0.2) is 0 Å². The molecule has 8 nitrogen and oxygen atoms in total. The molecule has 0 spiro atoms. The molecule has 0 radical (unpaired) electrons. The van der Waals surface area contributed by atoms with Crippen LogP contribution in [0.2, 0.25) is 0 Å². The molecule has 0 bridgehead atoms. The van der Waals surface area contributed by atoms with E-state index in [2.05, 4.69) is 4.98 Å². The maximum absolute atomic E-state index is 12.5. The van der Waals surface area contributed by atoms with Gasteiger partial charge in [-0.15, -0.1) is 0 Å². The molecule has 1 fully saturated rings. The van der Waals surface area contributed by atoms with Gasteiger partial charge in [-0.25, -0.2) is 9.78 Å². The second kappa shape index (κ2) is 11.7. The number of carbonyl (C=O) groups is 2. The third kappa shape index (κ3) is 6.27. The fraction of sp³-hybridized carbons (Fsp3) is 0.560. The molecule has 1 aliphatic rings. The van der Waals surface area contributed by atoms with E-state index in [1.807, 2.05) is 45.0 Å². The molecule has 3 rings (SSSR count). The minimum Gasteiger partial charge on any atom is -0.497 e. The Bertz CT molecular complexity index is 915. The highest BCUT2D eigenvalue weighted by Crippen LogP contribution is 2.29. The standard InChI is InChI=1S/C25H34N2O6/c1-5-21(24(28)31-6-2)18-11-14-27(15-12-18)25(29)32-16-13-22-17(3)33-23(26-22)19-7-9-20(30-4)10-8-19/h7-10,18,21H,5-6,11-16H2,1-4H3. The number of rotatable bonds is 9. The molecular weight excluding hydrogens is 424 g/mol. The van der Waals surface area contributed by atoms with Crippen molar-refractivity contribution in [3.8, 4) is 17.2 Å². The van der Waals surface area contributed by atoms with Crippen molar-refractivity contribution in [2.75, 3.05) is 33.4 Å². The van der Waals surface area contributed by atoms with Crippen molar-refractivity contribution in [2.45, 2.75) is 46.5 Å². The number of benzene rings is 1. The zero-order chi connectivity index (χ0) is 23.8. The topological polar surface area (TPSA) is 91.1 Å². The molecule has 1 aromatic carbocycles. The summed E-state index contributed by atoms with van der Waals surface area (Å²) in [5.74, 6) is 2.03. The Kier molecular flexibility index (Phi) is 8.74. The van der Waals surface area contributed by atoms with E-state index in [0.29, 0.717) is 37.8 Å². The lowest BCUT2D eigenvalue weighted by atomic mass is 9.83. The highest BCUT2D eigenvalue weighted by molar-refractivity contribution is 5.73. The van der Waals surface area contributed by atoms with Crippen LogP contribution in [-0.2, 0) is 20.7 Å². The third-order valence-corrected chi connectivity index (χ3v) is 6.19. The highest BCUT2D eigenvalue weighted by atomic mass is 16.6. The summed E-state index contributed by atoms with van der Waals surface area (Å²) in [6.45, 7) is 7.49. The van der Waals surface area contributed by atoms with Gasteiger partial charge in [0.1, 0.15) is 11.5 Å². The molecule has 2 heterocycles. The molecule has 1 aromatic heterocycles. The summed E-state index contributed by atoms with van der Waals surface area (Å²) < 4.78 is 21.7. The molecule has 180 valence electrons. The van der Waals surface area contributed by atoms with Gasteiger partial charge in [-0.2, -0.15) is 0 Å². The van der Waals surface area contributed by atoms with Gasteiger partial charge in [0.05, 0.1) is 31.9 Å². The molecule has 1 saturated heterocycles. The molecule has 1 atom stereocenters. The van der Waals surface area contributed by atoms with Gasteiger partial charge in [-0.1, -0.05) is 6.92 Å². The first-order valence-corrected chi connectivity index (χ1v) is 11.7. The van der Waals surface area contributed by atoms with Crippen LogP contribution in [-0.4, -0.2) is 55.4 Å². The number of likely N-dealkylation sites (tertiary alicyclic amines) is 1. The van der Waals surface area contributed by atoms with Crippen molar-refractivity contribution in [1.29, 1.82) is 0 Å². The largest absolute Gasteiger partial charge is 0.497 e. The monoisotopic (exact) mass is 458 g/mol. The van der Waals surface area contributed by atoms with Crippen LogP contribution in [0.3, 0.4) is 0 Å². The highest BCUT2D eigenvalue weighted by Gasteiger charge is 2.32. The molecule has 33 heavy (non-hydrogen) atoms. The summed E-state index contributed by atoms with van der Waals surface area (Å²) in [6.07, 6.45) is 2.46. The number of aromatic nitrogens is 1. The number of hydrogen-bond donors (Lipinski definition) is 0. The van der Waals surface area contributed by atoms with E-state index < -0.39 is 0 Å². The van der Waals surface area contributed by atoms with Crippen molar-refractivity contribution >= 4 is 12.1 Å². The summed E-state index contributed by atoms with van der Waals surface area (Å²) in [7, 11) is 1.62. The minimum absolute atomic E-state index is 0.0989. The van der Waals surface area contributed by atoms with Crippen molar-refractivity contribution in [1.82, 2.24) is 9.88 Å². The van der Waals surface area contributed by atoms with Crippen molar-refractivity contribution in [3.63, 3.8) is 0 Å². The molecule has 1 unspecified atom stereocenters. The molecule has 0 aliphatic carbocycles. The van der Waals surface area contributed by atoms with E-state index in [0.717, 1.165) is 36.3 Å². The SMILES string of the molecule is CCOC(=O)C(CC)C1CCN(C(=O)OCCc2nc(-c3ccc(OC)cc3)oc2C)CC1. The number of piperidine rings is 1. The molecule has 0 saturated carbocycles. The van der Waals surface area contributed by atoms with Crippen LogP contribution in [0.15, 0.2) is 28.7 Å². The summed E-state index contributed by atoms with van der Waals surface area (Å²) in [6, 6.07) is 7.50. The van der Waals surface area contributed by atoms with E-state index in [9.17, 15) is 9.59 Å². The predicted molar refractivity (Wildman–Crippen MR) is 123 cm³/mol. The van der Waals surface area contributed by atoms with E-state index in [-0.39, 0.29) is 30.5 Å². The van der Waals surface area contributed by atoms with Crippen LogP contribution in [0.4, 0.5) is 4.79 Å². The summed E-state index contributed by atoms with van der Waals surface area (Å²) in [5, 5.41) is 0. The predicted octanol–water partition coefficient (Wildman–Crippen LogP) is 4.64. The molecule has 2 aromatic rings. The van der Waals surface area contributed by atoms with Crippen LogP contribution in [0, 0.1) is 18.8 Å². The Morgan fingerprint density at radius 3 is 2.45 bits per heavy atom. The molecule has 1 aliphatic heterocycles. The van der Waals surface area contributed by atoms with Crippen molar-refractivity contribution < 1.29 is 28.2 Å². The Morgan fingerprint density at radius 2 is 1.85 bits per heavy atom. The lowest BCUT2D eigenvalue weighted by molar-refractivity contribution is -0.150. The van der Waals surface area contributed by atoms with Crippen LogP contribution >= 0.6 is 0 Å². The van der Waals surface area contributed by atoms with Gasteiger partial charge in [-0.05, 0) is 63.3 Å². The number of carbonyl (C=O) groups excluding carboxylic acids is 2. The van der Waals surface area contributed by atoms with Crippen molar-refractivity contribution in [2.24, 2.45) is 11.8 Å². The maximum Gasteiger partial charge on any atom is 0.409 e. The lowest BCUT2D eigenvalue weighted by Gasteiger charge is -2.34. The Labute approximate surface area is 195 Å². The van der Waals surface area contributed by atoms with Crippen LogP contribution in [0.25, 0.3) is 11.5 Å². The first kappa shape index (κ1) is 24.6. The Morgan fingerprint density at radius 1 is 1.15 bits per heavy atom. The van der Waals surface area contributed by atoms with Crippen LogP contribution in [0.1, 0.15) is 44.6 Å².